The minimum atomic E-state index is -0.548. The minimum Gasteiger partial charge on any atom is -0.403 e. The Balaban J connectivity index is 1.81. The van der Waals surface area contributed by atoms with Gasteiger partial charge in [0, 0.05) is 0 Å². The lowest BCUT2D eigenvalue weighted by atomic mass is 10.1. The number of nitro groups is 1. The van der Waals surface area contributed by atoms with Crippen LogP contribution in [-0.4, -0.2) is 24.1 Å². The molecule has 1 fully saturated rings. The maximum Gasteiger partial charge on any atom is 0.433 e. The molecule has 6 nitrogen and oxygen atoms in total. The third-order valence-corrected chi connectivity index (χ3v) is 2.57. The molecule has 0 amide bonds. The summed E-state index contributed by atoms with van der Waals surface area (Å²) in [5.41, 5.74) is 0. The molecule has 6 heteroatoms. The molecule has 1 aromatic rings. The molecule has 88 valence electrons. The predicted octanol–water partition coefficient (Wildman–Crippen LogP) is 1.46. The first kappa shape index (κ1) is 11.1. The number of nitrogens with zero attached hydrogens (tertiary/aromatic N) is 1. The topological polar surface area (TPSA) is 77.5 Å². The smallest absolute Gasteiger partial charge is 0.403 e. The largest absolute Gasteiger partial charge is 0.433 e. The van der Waals surface area contributed by atoms with Crippen LogP contribution in [0.25, 0.3) is 0 Å². The number of hydrogen-bond acceptors (Lipinski definition) is 5. The minimum absolute atomic E-state index is 0.227. The van der Waals surface area contributed by atoms with Crippen molar-refractivity contribution in [1.82, 2.24) is 5.32 Å². The van der Waals surface area contributed by atoms with Gasteiger partial charge < -0.3 is 14.5 Å². The Morgan fingerprint density at radius 1 is 1.50 bits per heavy atom. The third kappa shape index (κ3) is 2.80. The first-order chi connectivity index (χ1) is 7.75. The van der Waals surface area contributed by atoms with Crippen molar-refractivity contribution in [3.8, 4) is 0 Å². The highest BCUT2D eigenvalue weighted by Gasteiger charge is 2.16. The second kappa shape index (κ2) is 5.09. The molecule has 0 atom stereocenters. The number of ether oxygens (including phenoxy) is 1. The van der Waals surface area contributed by atoms with Crippen molar-refractivity contribution >= 4 is 5.88 Å². The fraction of sp³-hybridized carbons (Fsp3) is 0.600. The molecule has 2 rings (SSSR count). The highest BCUT2D eigenvalue weighted by Crippen LogP contribution is 2.18. The van der Waals surface area contributed by atoms with Crippen molar-refractivity contribution in [3.63, 3.8) is 0 Å². The molecular formula is C10H14N2O4. The van der Waals surface area contributed by atoms with Gasteiger partial charge in [0.2, 0.25) is 0 Å². The van der Waals surface area contributed by atoms with Gasteiger partial charge in [0.15, 0.2) is 0 Å². The van der Waals surface area contributed by atoms with Gasteiger partial charge in [-0.1, -0.05) is 0 Å². The fourth-order valence-corrected chi connectivity index (χ4v) is 1.70. The Bertz CT molecular complexity index is 357. The highest BCUT2D eigenvalue weighted by molar-refractivity contribution is 5.17. The maximum atomic E-state index is 10.4. The van der Waals surface area contributed by atoms with Crippen LogP contribution in [0.15, 0.2) is 16.5 Å². The Morgan fingerprint density at radius 2 is 2.25 bits per heavy atom. The first-order valence-electron chi connectivity index (χ1n) is 5.31. The maximum absolute atomic E-state index is 10.4. The van der Waals surface area contributed by atoms with Gasteiger partial charge in [-0.05, 0) is 32.0 Å². The van der Waals surface area contributed by atoms with Gasteiger partial charge in [-0.3, -0.25) is 10.1 Å². The second-order valence-electron chi connectivity index (χ2n) is 3.76. The Kier molecular flexibility index (Phi) is 3.53. The van der Waals surface area contributed by atoms with Gasteiger partial charge >= 0.3 is 5.88 Å². The third-order valence-electron chi connectivity index (χ3n) is 2.57. The van der Waals surface area contributed by atoms with Gasteiger partial charge in [0.1, 0.15) is 17.3 Å². The molecule has 0 bridgehead atoms. The number of hydrogen-bond donors (Lipinski definition) is 1. The van der Waals surface area contributed by atoms with E-state index in [4.69, 9.17) is 9.15 Å². The molecule has 1 saturated heterocycles. The number of rotatable bonds is 4. The summed E-state index contributed by atoms with van der Waals surface area (Å²) in [5.74, 6) is 0.272. The lowest BCUT2D eigenvalue weighted by molar-refractivity contribution is -0.402. The summed E-state index contributed by atoms with van der Waals surface area (Å²) in [6.45, 7) is 2.23. The van der Waals surface area contributed by atoms with Crippen LogP contribution in [0.1, 0.15) is 18.6 Å². The molecule has 16 heavy (non-hydrogen) atoms. The van der Waals surface area contributed by atoms with Gasteiger partial charge in [-0.2, -0.15) is 0 Å². The summed E-state index contributed by atoms with van der Waals surface area (Å²) in [5, 5.41) is 13.6. The highest BCUT2D eigenvalue weighted by atomic mass is 16.6. The first-order valence-corrected chi connectivity index (χ1v) is 5.31. The zero-order valence-electron chi connectivity index (χ0n) is 8.85. The molecule has 2 heterocycles. The van der Waals surface area contributed by atoms with Crippen molar-refractivity contribution in [3.05, 3.63) is 28.0 Å². The summed E-state index contributed by atoms with van der Waals surface area (Å²) in [6, 6.07) is 2.93. The van der Waals surface area contributed by atoms with E-state index >= 15 is 0 Å². The molecule has 0 aliphatic carbocycles. The molecule has 1 N–H and O–H groups in total. The normalized spacial score (nSPS) is 17.5. The van der Waals surface area contributed by atoms with Crippen LogP contribution in [0.5, 0.6) is 0 Å². The van der Waals surface area contributed by atoms with E-state index in [0.717, 1.165) is 25.9 Å². The molecular weight excluding hydrogens is 212 g/mol. The molecule has 0 saturated carbocycles. The van der Waals surface area contributed by atoms with Crippen LogP contribution in [-0.2, 0) is 11.3 Å². The molecule has 1 aliphatic rings. The zero-order valence-corrected chi connectivity index (χ0v) is 8.85. The lowest BCUT2D eigenvalue weighted by Gasteiger charge is -2.22. The van der Waals surface area contributed by atoms with E-state index in [1.165, 1.54) is 6.07 Å². The van der Waals surface area contributed by atoms with Gasteiger partial charge in [0.05, 0.1) is 12.2 Å². The summed E-state index contributed by atoms with van der Waals surface area (Å²) < 4.78 is 10.6. The summed E-state index contributed by atoms with van der Waals surface area (Å²) in [6.07, 6.45) is 2.18. The van der Waals surface area contributed by atoms with Crippen molar-refractivity contribution in [2.45, 2.75) is 25.6 Å². The van der Waals surface area contributed by atoms with Crippen molar-refractivity contribution in [2.24, 2.45) is 0 Å². The van der Waals surface area contributed by atoms with Crippen LogP contribution in [0.2, 0.25) is 0 Å². The van der Waals surface area contributed by atoms with E-state index in [1.807, 2.05) is 0 Å². The molecule has 0 spiro atoms. The molecule has 0 unspecified atom stereocenters. The fourth-order valence-electron chi connectivity index (χ4n) is 1.70. The summed E-state index contributed by atoms with van der Waals surface area (Å²) in [4.78, 5) is 9.84. The Morgan fingerprint density at radius 3 is 2.88 bits per heavy atom. The molecule has 1 aliphatic heterocycles. The van der Waals surface area contributed by atoms with Gasteiger partial charge in [0.25, 0.3) is 0 Å². The standard InChI is InChI=1S/C10H14N2O4/c13-12(14)10-2-1-9(16-10)7-15-8-3-5-11-6-4-8/h1-2,8,11H,3-7H2. The van der Waals surface area contributed by atoms with Crippen LogP contribution in [0.4, 0.5) is 5.88 Å². The van der Waals surface area contributed by atoms with Gasteiger partial charge in [-0.15, -0.1) is 0 Å². The quantitative estimate of drug-likeness (QED) is 0.621. The molecule has 0 radical (unpaired) electrons. The van der Waals surface area contributed by atoms with Gasteiger partial charge in [-0.25, -0.2) is 0 Å². The predicted molar refractivity (Wildman–Crippen MR) is 56.0 cm³/mol. The van der Waals surface area contributed by atoms with Crippen molar-refractivity contribution in [2.75, 3.05) is 13.1 Å². The average molecular weight is 226 g/mol. The number of furan rings is 1. The lowest BCUT2D eigenvalue weighted by Crippen LogP contribution is -2.32. The van der Waals surface area contributed by atoms with Crippen LogP contribution < -0.4 is 5.32 Å². The Labute approximate surface area is 92.7 Å². The van der Waals surface area contributed by atoms with Crippen molar-refractivity contribution in [1.29, 1.82) is 0 Å². The second-order valence-corrected chi connectivity index (χ2v) is 3.76. The van der Waals surface area contributed by atoms with E-state index < -0.39 is 4.92 Å². The van der Waals surface area contributed by atoms with E-state index in [2.05, 4.69) is 5.32 Å². The molecule has 0 aromatic carbocycles. The number of piperidine rings is 1. The summed E-state index contributed by atoms with van der Waals surface area (Å²) >= 11 is 0. The van der Waals surface area contributed by atoms with E-state index in [0.29, 0.717) is 12.4 Å². The monoisotopic (exact) mass is 226 g/mol. The molecule has 1 aromatic heterocycles. The van der Waals surface area contributed by atoms with E-state index in [-0.39, 0.29) is 12.0 Å². The van der Waals surface area contributed by atoms with E-state index in [9.17, 15) is 10.1 Å². The van der Waals surface area contributed by atoms with E-state index in [1.54, 1.807) is 6.07 Å². The summed E-state index contributed by atoms with van der Waals surface area (Å²) in [7, 11) is 0. The van der Waals surface area contributed by atoms with Crippen LogP contribution in [0.3, 0.4) is 0 Å². The van der Waals surface area contributed by atoms with Crippen LogP contribution in [0, 0.1) is 10.1 Å². The average Bonchev–Trinajstić information content (AvgIpc) is 2.76. The number of nitrogens with one attached hydrogen (secondary N) is 1. The zero-order chi connectivity index (χ0) is 11.4. The SMILES string of the molecule is O=[N+]([O-])c1ccc(COC2CCNCC2)o1. The van der Waals surface area contributed by atoms with Crippen LogP contribution >= 0.6 is 0 Å². The van der Waals surface area contributed by atoms with Crippen molar-refractivity contribution < 1.29 is 14.1 Å². The Hall–Kier alpha value is -1.40.